The van der Waals surface area contributed by atoms with E-state index in [1.807, 2.05) is 12.2 Å². The number of rotatable bonds is 2. The van der Waals surface area contributed by atoms with E-state index < -0.39 is 17.8 Å². The van der Waals surface area contributed by atoms with E-state index in [-0.39, 0.29) is 24.0 Å². The molecule has 4 atom stereocenters. The van der Waals surface area contributed by atoms with Crippen LogP contribution >= 0.6 is 0 Å². The third-order valence-electron chi connectivity index (χ3n) is 4.46. The van der Waals surface area contributed by atoms with E-state index in [1.165, 1.54) is 12.0 Å². The number of methoxy groups -OCH3 is 1. The lowest BCUT2D eigenvalue weighted by molar-refractivity contribution is -0.124. The van der Waals surface area contributed by atoms with Crippen LogP contribution in [0.5, 0.6) is 0 Å². The molecule has 0 saturated carbocycles. The summed E-state index contributed by atoms with van der Waals surface area (Å²) < 4.78 is 10.2. The fraction of sp³-hybridized carbons (Fsp3) is 0.312. The monoisotopic (exact) mass is 299 g/mol. The van der Waals surface area contributed by atoms with Gasteiger partial charge in [0.2, 0.25) is 11.8 Å². The van der Waals surface area contributed by atoms with Crippen molar-refractivity contribution in [3.05, 3.63) is 42.0 Å². The number of hydrogen-bond donors (Lipinski definition) is 0. The average Bonchev–Trinajstić information content (AvgIpc) is 3.21. The Morgan fingerprint density at radius 2 is 1.59 bits per heavy atom. The van der Waals surface area contributed by atoms with Crippen molar-refractivity contribution in [3.8, 4) is 0 Å². The first kappa shape index (κ1) is 13.2. The van der Waals surface area contributed by atoms with Crippen LogP contribution in [0, 0.1) is 11.8 Å². The molecule has 0 N–H and O–H groups in total. The number of imide groups is 1. The van der Waals surface area contributed by atoms with Gasteiger partial charge in [-0.1, -0.05) is 12.2 Å². The van der Waals surface area contributed by atoms with Gasteiger partial charge in [-0.3, -0.25) is 9.59 Å². The molecular formula is C16H13NO5. The Labute approximate surface area is 126 Å². The highest BCUT2D eigenvalue weighted by Crippen LogP contribution is 2.46. The van der Waals surface area contributed by atoms with Crippen molar-refractivity contribution in [2.45, 2.75) is 12.2 Å². The van der Waals surface area contributed by atoms with Crippen molar-refractivity contribution in [2.24, 2.45) is 11.8 Å². The molecule has 0 spiro atoms. The van der Waals surface area contributed by atoms with Gasteiger partial charge in [-0.05, 0) is 24.3 Å². The number of hydrogen-bond acceptors (Lipinski definition) is 5. The fourth-order valence-corrected chi connectivity index (χ4v) is 3.42. The van der Waals surface area contributed by atoms with E-state index in [2.05, 4.69) is 4.74 Å². The molecule has 22 heavy (non-hydrogen) atoms. The highest BCUT2D eigenvalue weighted by atomic mass is 16.5. The average molecular weight is 299 g/mol. The third-order valence-corrected chi connectivity index (χ3v) is 4.46. The molecule has 0 aliphatic carbocycles. The quantitative estimate of drug-likeness (QED) is 0.461. The lowest BCUT2D eigenvalue weighted by Gasteiger charge is -2.17. The zero-order chi connectivity index (χ0) is 15.4. The fourth-order valence-electron chi connectivity index (χ4n) is 3.42. The summed E-state index contributed by atoms with van der Waals surface area (Å²) in [6.07, 6.45) is 3.10. The number of amides is 2. The second-order valence-corrected chi connectivity index (χ2v) is 5.55. The van der Waals surface area contributed by atoms with Gasteiger partial charge in [0.1, 0.15) is 0 Å². The van der Waals surface area contributed by atoms with Gasteiger partial charge in [0, 0.05) is 0 Å². The minimum absolute atomic E-state index is 0.238. The maximum Gasteiger partial charge on any atom is 0.337 e. The molecule has 3 aliphatic rings. The first-order chi connectivity index (χ1) is 10.6. The molecule has 4 rings (SSSR count). The van der Waals surface area contributed by atoms with Crippen LogP contribution in [0.25, 0.3) is 0 Å². The number of anilines is 1. The predicted molar refractivity (Wildman–Crippen MR) is 75.1 cm³/mol. The van der Waals surface area contributed by atoms with Crippen LogP contribution < -0.4 is 4.90 Å². The summed E-state index contributed by atoms with van der Waals surface area (Å²) >= 11 is 0. The van der Waals surface area contributed by atoms with Crippen LogP contribution in [0.4, 0.5) is 5.69 Å². The molecule has 2 fully saturated rings. The molecule has 3 heterocycles. The molecule has 2 saturated heterocycles. The van der Waals surface area contributed by atoms with Crippen LogP contribution in [0.1, 0.15) is 10.4 Å². The molecule has 1 aromatic rings. The summed E-state index contributed by atoms with van der Waals surface area (Å²) in [5.41, 5.74) is 0.840. The van der Waals surface area contributed by atoms with E-state index in [1.54, 1.807) is 24.3 Å². The Bertz CT molecular complexity index is 678. The van der Waals surface area contributed by atoms with Crippen molar-refractivity contribution in [2.75, 3.05) is 12.0 Å². The lowest BCUT2D eigenvalue weighted by atomic mass is 9.85. The van der Waals surface area contributed by atoms with Crippen LogP contribution in [-0.4, -0.2) is 37.1 Å². The Hall–Kier alpha value is -2.47. The first-order valence-electron chi connectivity index (χ1n) is 7.02. The van der Waals surface area contributed by atoms with E-state index in [0.717, 1.165) is 0 Å². The molecule has 0 unspecified atom stereocenters. The third kappa shape index (κ3) is 1.61. The number of fused-ring (bicyclic) bond motifs is 5. The maximum absolute atomic E-state index is 12.6. The number of nitrogens with zero attached hydrogens (tertiary/aromatic N) is 1. The molecule has 1 aromatic carbocycles. The molecule has 0 radical (unpaired) electrons. The zero-order valence-corrected chi connectivity index (χ0v) is 11.8. The van der Waals surface area contributed by atoms with Crippen molar-refractivity contribution < 1.29 is 23.9 Å². The molecule has 6 heteroatoms. The number of carbonyl (C=O) groups excluding carboxylic acids is 3. The Morgan fingerprint density at radius 1 is 1.05 bits per heavy atom. The summed E-state index contributed by atoms with van der Waals surface area (Å²) in [7, 11) is 1.30. The van der Waals surface area contributed by atoms with Gasteiger partial charge in [-0.25, -0.2) is 9.69 Å². The van der Waals surface area contributed by atoms with Crippen LogP contribution in [0.3, 0.4) is 0 Å². The number of esters is 1. The minimum Gasteiger partial charge on any atom is -0.465 e. The Kier molecular flexibility index (Phi) is 2.71. The molecular weight excluding hydrogens is 286 g/mol. The summed E-state index contributed by atoms with van der Waals surface area (Å²) in [4.78, 5) is 37.8. The lowest BCUT2D eigenvalue weighted by Crippen LogP contribution is -2.34. The van der Waals surface area contributed by atoms with Crippen LogP contribution in [0.2, 0.25) is 0 Å². The topological polar surface area (TPSA) is 72.9 Å². The predicted octanol–water partition coefficient (Wildman–Crippen LogP) is 0.916. The normalized spacial score (nSPS) is 31.8. The molecule has 2 amide bonds. The molecule has 0 aromatic heterocycles. The van der Waals surface area contributed by atoms with Crippen molar-refractivity contribution >= 4 is 23.5 Å². The van der Waals surface area contributed by atoms with E-state index in [0.29, 0.717) is 11.3 Å². The van der Waals surface area contributed by atoms with E-state index in [4.69, 9.17) is 4.74 Å². The van der Waals surface area contributed by atoms with Gasteiger partial charge in [-0.2, -0.15) is 0 Å². The van der Waals surface area contributed by atoms with Crippen molar-refractivity contribution in [3.63, 3.8) is 0 Å². The number of ether oxygens (including phenoxy) is 2. The highest BCUT2D eigenvalue weighted by molar-refractivity contribution is 6.23. The summed E-state index contributed by atoms with van der Waals surface area (Å²) in [5, 5.41) is 0. The second-order valence-electron chi connectivity index (χ2n) is 5.55. The van der Waals surface area contributed by atoms with Gasteiger partial charge < -0.3 is 9.47 Å². The van der Waals surface area contributed by atoms with Gasteiger partial charge in [0.05, 0.1) is 42.4 Å². The van der Waals surface area contributed by atoms with Gasteiger partial charge in [0.15, 0.2) is 0 Å². The highest BCUT2D eigenvalue weighted by Gasteiger charge is 2.60. The van der Waals surface area contributed by atoms with Crippen LogP contribution in [0.15, 0.2) is 36.4 Å². The second kappa shape index (κ2) is 4.51. The zero-order valence-electron chi connectivity index (χ0n) is 11.8. The van der Waals surface area contributed by atoms with Crippen molar-refractivity contribution in [1.82, 2.24) is 0 Å². The van der Waals surface area contributed by atoms with Gasteiger partial charge in [0.25, 0.3) is 0 Å². The minimum atomic E-state index is -0.460. The SMILES string of the molecule is COC(=O)c1ccc(N2C(=O)[C@@H]3[C@H](C2=O)[C@@H]2C=C[C@@H]3O2)cc1. The smallest absolute Gasteiger partial charge is 0.337 e. The summed E-state index contributed by atoms with van der Waals surface area (Å²) in [6.45, 7) is 0. The largest absolute Gasteiger partial charge is 0.465 e. The first-order valence-corrected chi connectivity index (χ1v) is 7.02. The molecule has 6 nitrogen and oxygen atoms in total. The van der Waals surface area contributed by atoms with Gasteiger partial charge >= 0.3 is 5.97 Å². The van der Waals surface area contributed by atoms with E-state index >= 15 is 0 Å². The number of benzene rings is 1. The Morgan fingerprint density at radius 3 is 2.09 bits per heavy atom. The van der Waals surface area contributed by atoms with Crippen LogP contribution in [-0.2, 0) is 19.1 Å². The molecule has 3 aliphatic heterocycles. The van der Waals surface area contributed by atoms with Crippen molar-refractivity contribution in [1.29, 1.82) is 0 Å². The summed E-state index contributed by atoms with van der Waals surface area (Å²) in [5.74, 6) is -1.79. The molecule has 2 bridgehead atoms. The maximum atomic E-state index is 12.6. The van der Waals surface area contributed by atoms with E-state index in [9.17, 15) is 14.4 Å². The number of carbonyl (C=O) groups is 3. The Balaban J connectivity index is 1.65. The standard InChI is InChI=1S/C16H13NO5/c1-21-16(20)8-2-4-9(5-3-8)17-14(18)12-10-6-7-11(22-10)13(12)15(17)19/h2-7,10-13H,1H3/t10-,11-,12-,13+/m0/s1. The molecule has 112 valence electrons. The van der Waals surface area contributed by atoms with Gasteiger partial charge in [-0.15, -0.1) is 0 Å². The summed E-state index contributed by atoms with van der Waals surface area (Å²) in [6, 6.07) is 6.25.